The van der Waals surface area contributed by atoms with E-state index >= 15 is 0 Å². The summed E-state index contributed by atoms with van der Waals surface area (Å²) in [6, 6.07) is 0.232. The van der Waals surface area contributed by atoms with E-state index in [9.17, 15) is 18.0 Å². The molecule has 1 amide bonds. The normalized spacial score (nSPS) is 22.8. The first-order chi connectivity index (χ1) is 9.18. The molecule has 0 saturated carbocycles. The van der Waals surface area contributed by atoms with E-state index in [1.807, 2.05) is 19.0 Å². The SMILES string of the molecule is CC1Cc2nc(NC(=O)C(F)(F)F)nn2CC1N(C)C. The number of halogens is 3. The van der Waals surface area contributed by atoms with Crippen molar-refractivity contribution in [3.05, 3.63) is 5.82 Å². The smallest absolute Gasteiger partial charge is 0.304 e. The van der Waals surface area contributed by atoms with Crippen molar-refractivity contribution in [2.45, 2.75) is 32.1 Å². The average Bonchev–Trinajstić information content (AvgIpc) is 2.67. The Kier molecular flexibility index (Phi) is 3.72. The molecule has 2 rings (SSSR count). The molecule has 0 spiro atoms. The van der Waals surface area contributed by atoms with Crippen molar-refractivity contribution in [1.29, 1.82) is 0 Å². The summed E-state index contributed by atoms with van der Waals surface area (Å²) < 4.78 is 38.1. The van der Waals surface area contributed by atoms with E-state index in [0.29, 0.717) is 24.7 Å². The van der Waals surface area contributed by atoms with Gasteiger partial charge in [0.25, 0.3) is 0 Å². The van der Waals surface area contributed by atoms with Crippen LogP contribution in [0.5, 0.6) is 0 Å². The summed E-state index contributed by atoms with van der Waals surface area (Å²) in [6.45, 7) is 2.59. The van der Waals surface area contributed by atoms with Crippen LogP contribution in [0.3, 0.4) is 0 Å². The van der Waals surface area contributed by atoms with Crippen LogP contribution in [-0.4, -0.2) is 51.9 Å². The minimum Gasteiger partial charge on any atom is -0.304 e. The number of anilines is 1. The topological polar surface area (TPSA) is 63.1 Å². The Hall–Kier alpha value is -1.64. The van der Waals surface area contributed by atoms with Crippen molar-refractivity contribution in [2.75, 3.05) is 19.4 Å². The lowest BCUT2D eigenvalue weighted by atomic mass is 9.94. The molecule has 1 N–H and O–H groups in total. The molecular weight excluding hydrogens is 275 g/mol. The number of nitrogens with zero attached hydrogens (tertiary/aromatic N) is 4. The minimum absolute atomic E-state index is 0.232. The van der Waals surface area contributed by atoms with Gasteiger partial charge in [0.15, 0.2) is 0 Å². The third-order valence-electron chi connectivity index (χ3n) is 3.42. The molecule has 2 unspecified atom stereocenters. The number of nitrogens with one attached hydrogen (secondary N) is 1. The third-order valence-corrected chi connectivity index (χ3v) is 3.42. The summed E-state index contributed by atoms with van der Waals surface area (Å²) in [6.07, 6.45) is -4.33. The van der Waals surface area contributed by atoms with Gasteiger partial charge in [-0.15, -0.1) is 5.10 Å². The van der Waals surface area contributed by atoms with Gasteiger partial charge in [0, 0.05) is 12.5 Å². The van der Waals surface area contributed by atoms with E-state index in [1.54, 1.807) is 10.00 Å². The van der Waals surface area contributed by atoms with Crippen LogP contribution in [0.15, 0.2) is 0 Å². The number of likely N-dealkylation sites (N-methyl/N-ethyl adjacent to an activating group) is 1. The second-order valence-corrected chi connectivity index (χ2v) is 5.20. The van der Waals surface area contributed by atoms with Gasteiger partial charge in [-0.2, -0.15) is 18.2 Å². The lowest BCUT2D eigenvalue weighted by Crippen LogP contribution is -2.42. The lowest BCUT2D eigenvalue weighted by Gasteiger charge is -2.33. The Balaban J connectivity index is 2.15. The molecule has 0 bridgehead atoms. The Morgan fingerprint density at radius 1 is 1.45 bits per heavy atom. The summed E-state index contributed by atoms with van der Waals surface area (Å²) in [7, 11) is 3.88. The fourth-order valence-electron chi connectivity index (χ4n) is 2.35. The lowest BCUT2D eigenvalue weighted by molar-refractivity contribution is -0.167. The van der Waals surface area contributed by atoms with Crippen molar-refractivity contribution >= 4 is 11.9 Å². The molecule has 1 aromatic heterocycles. The third kappa shape index (κ3) is 2.92. The molecule has 20 heavy (non-hydrogen) atoms. The van der Waals surface area contributed by atoms with Gasteiger partial charge in [-0.05, 0) is 20.0 Å². The fourth-order valence-corrected chi connectivity index (χ4v) is 2.35. The summed E-state index contributed by atoms with van der Waals surface area (Å²) in [5.74, 6) is -1.45. The largest absolute Gasteiger partial charge is 0.471 e. The summed E-state index contributed by atoms with van der Waals surface area (Å²) in [4.78, 5) is 16.8. The number of aromatic nitrogens is 3. The summed E-state index contributed by atoms with van der Waals surface area (Å²) in [5, 5.41) is 5.60. The van der Waals surface area contributed by atoms with Crippen LogP contribution in [0, 0.1) is 5.92 Å². The van der Waals surface area contributed by atoms with E-state index in [2.05, 4.69) is 17.0 Å². The van der Waals surface area contributed by atoms with Crippen molar-refractivity contribution in [1.82, 2.24) is 19.7 Å². The average molecular weight is 291 g/mol. The first-order valence-electron chi connectivity index (χ1n) is 6.17. The summed E-state index contributed by atoms with van der Waals surface area (Å²) in [5.41, 5.74) is 0. The molecule has 1 aliphatic heterocycles. The molecule has 2 atom stereocenters. The number of carbonyl (C=O) groups excluding carboxylic acids is 1. The maximum absolute atomic E-state index is 12.2. The van der Waals surface area contributed by atoms with Gasteiger partial charge in [-0.25, -0.2) is 4.68 Å². The molecule has 6 nitrogen and oxygen atoms in total. The number of carbonyl (C=O) groups is 1. The summed E-state index contributed by atoms with van der Waals surface area (Å²) >= 11 is 0. The molecule has 0 aromatic carbocycles. The quantitative estimate of drug-likeness (QED) is 0.879. The molecule has 0 aliphatic carbocycles. The van der Waals surface area contributed by atoms with Crippen LogP contribution in [0.1, 0.15) is 12.7 Å². The highest BCUT2D eigenvalue weighted by Crippen LogP contribution is 2.23. The van der Waals surface area contributed by atoms with Gasteiger partial charge >= 0.3 is 12.1 Å². The zero-order valence-corrected chi connectivity index (χ0v) is 11.4. The second-order valence-electron chi connectivity index (χ2n) is 5.20. The zero-order valence-electron chi connectivity index (χ0n) is 11.4. The molecule has 1 aromatic rings. The predicted octanol–water partition coefficient (Wildman–Crippen LogP) is 0.901. The first-order valence-corrected chi connectivity index (χ1v) is 6.17. The first kappa shape index (κ1) is 14.8. The molecule has 9 heteroatoms. The molecule has 0 radical (unpaired) electrons. The minimum atomic E-state index is -4.94. The second kappa shape index (κ2) is 5.04. The van der Waals surface area contributed by atoms with Crippen LogP contribution in [0.25, 0.3) is 0 Å². The highest BCUT2D eigenvalue weighted by molar-refractivity contribution is 5.93. The number of rotatable bonds is 2. The predicted molar refractivity (Wildman–Crippen MR) is 65.0 cm³/mol. The number of hydrogen-bond acceptors (Lipinski definition) is 4. The van der Waals surface area contributed by atoms with E-state index in [1.165, 1.54) is 0 Å². The molecule has 1 aliphatic rings. The molecular formula is C11H16F3N5O. The van der Waals surface area contributed by atoms with Gasteiger partial charge in [0.2, 0.25) is 5.95 Å². The fraction of sp³-hybridized carbons (Fsp3) is 0.727. The van der Waals surface area contributed by atoms with E-state index in [4.69, 9.17) is 0 Å². The number of hydrogen-bond donors (Lipinski definition) is 1. The number of alkyl halides is 3. The van der Waals surface area contributed by atoms with Gasteiger partial charge < -0.3 is 4.90 Å². The van der Waals surface area contributed by atoms with Crippen molar-refractivity contribution in [3.63, 3.8) is 0 Å². The monoisotopic (exact) mass is 291 g/mol. The van der Waals surface area contributed by atoms with Gasteiger partial charge in [-0.1, -0.05) is 6.92 Å². The standard InChI is InChI=1S/C11H16F3N5O/c1-6-4-8-15-10(16-9(20)11(12,13)14)17-19(8)5-7(6)18(2)3/h6-7H,4-5H2,1-3H3,(H,16,17,20). The molecule has 112 valence electrons. The van der Waals surface area contributed by atoms with Crippen molar-refractivity contribution < 1.29 is 18.0 Å². The Morgan fingerprint density at radius 2 is 2.10 bits per heavy atom. The van der Waals surface area contributed by atoms with Crippen LogP contribution in [-0.2, 0) is 17.8 Å². The Bertz CT molecular complexity index is 511. The van der Waals surface area contributed by atoms with Gasteiger partial charge in [0.1, 0.15) is 5.82 Å². The maximum atomic E-state index is 12.2. The Labute approximate surface area is 114 Å². The van der Waals surface area contributed by atoms with Crippen molar-refractivity contribution in [2.24, 2.45) is 5.92 Å². The van der Waals surface area contributed by atoms with E-state index < -0.39 is 12.1 Å². The highest BCUT2D eigenvalue weighted by Gasteiger charge is 2.39. The highest BCUT2D eigenvalue weighted by atomic mass is 19.4. The maximum Gasteiger partial charge on any atom is 0.471 e. The van der Waals surface area contributed by atoms with E-state index in [0.717, 1.165) is 0 Å². The van der Waals surface area contributed by atoms with Crippen LogP contribution in [0.4, 0.5) is 19.1 Å². The molecule has 0 fully saturated rings. The van der Waals surface area contributed by atoms with Crippen LogP contribution >= 0.6 is 0 Å². The van der Waals surface area contributed by atoms with Gasteiger partial charge in [0.05, 0.1) is 6.54 Å². The molecule has 2 heterocycles. The number of amides is 1. The Morgan fingerprint density at radius 3 is 2.65 bits per heavy atom. The van der Waals surface area contributed by atoms with Crippen LogP contribution in [0.2, 0.25) is 0 Å². The van der Waals surface area contributed by atoms with Crippen LogP contribution < -0.4 is 5.32 Å². The zero-order chi connectivity index (χ0) is 15.1. The molecule has 0 saturated heterocycles. The van der Waals surface area contributed by atoms with E-state index in [-0.39, 0.29) is 12.0 Å². The number of fused-ring (bicyclic) bond motifs is 1. The van der Waals surface area contributed by atoms with Gasteiger partial charge in [-0.3, -0.25) is 10.1 Å². The van der Waals surface area contributed by atoms with Crippen molar-refractivity contribution in [3.8, 4) is 0 Å².